The molecule has 0 spiro atoms. The van der Waals surface area contributed by atoms with Crippen LogP contribution >= 0.6 is 0 Å². The van der Waals surface area contributed by atoms with Crippen LogP contribution in [0.1, 0.15) is 35.2 Å². The Hall–Kier alpha value is -2.90. The lowest BCUT2D eigenvalue weighted by Crippen LogP contribution is -2.13. The molecule has 1 saturated carbocycles. The zero-order chi connectivity index (χ0) is 14.4. The van der Waals surface area contributed by atoms with Gasteiger partial charge in [-0.25, -0.2) is 9.78 Å². The van der Waals surface area contributed by atoms with Crippen molar-refractivity contribution in [1.29, 1.82) is 0 Å². The first-order chi connectivity index (χ1) is 10.2. The summed E-state index contributed by atoms with van der Waals surface area (Å²) in [5.41, 5.74) is 1.61. The second-order valence-corrected chi connectivity index (χ2v) is 5.11. The minimum atomic E-state index is -0.379. The molecular weight excluding hydrogens is 272 g/mol. The fraction of sp³-hybridized carbons (Fsp3) is 0.231. The molecule has 8 heteroatoms. The summed E-state index contributed by atoms with van der Waals surface area (Å²) in [4.78, 5) is 32.7. The molecule has 1 aliphatic carbocycles. The van der Waals surface area contributed by atoms with Crippen LogP contribution in [0.4, 0.5) is 5.69 Å². The fourth-order valence-electron chi connectivity index (χ4n) is 2.21. The molecule has 1 aliphatic rings. The van der Waals surface area contributed by atoms with Crippen molar-refractivity contribution < 1.29 is 4.79 Å². The Morgan fingerprint density at radius 2 is 2.05 bits per heavy atom. The number of aromatic nitrogens is 5. The molecule has 1 fully saturated rings. The van der Waals surface area contributed by atoms with Crippen molar-refractivity contribution in [2.24, 2.45) is 0 Å². The lowest BCUT2D eigenvalue weighted by molar-refractivity contribution is 0.101. The van der Waals surface area contributed by atoms with Gasteiger partial charge < -0.3 is 15.3 Å². The fourth-order valence-corrected chi connectivity index (χ4v) is 2.21. The molecule has 0 aliphatic heterocycles. The van der Waals surface area contributed by atoms with E-state index in [1.807, 2.05) is 0 Å². The summed E-state index contributed by atoms with van der Waals surface area (Å²) in [5.74, 6) is 0.931. The molecule has 1 amide bonds. The maximum Gasteiger partial charge on any atom is 0.323 e. The number of fused-ring (bicyclic) bond motifs is 1. The second-order valence-electron chi connectivity index (χ2n) is 5.11. The summed E-state index contributed by atoms with van der Waals surface area (Å²) in [6.07, 6.45) is 2.18. The summed E-state index contributed by atoms with van der Waals surface area (Å²) >= 11 is 0. The molecule has 4 rings (SSSR count). The minimum absolute atomic E-state index is 0.125. The highest BCUT2D eigenvalue weighted by molar-refractivity contribution is 6.02. The van der Waals surface area contributed by atoms with Crippen LogP contribution in [0.15, 0.2) is 23.0 Å². The summed E-state index contributed by atoms with van der Waals surface area (Å²) in [7, 11) is 0. The van der Waals surface area contributed by atoms with Gasteiger partial charge in [-0.1, -0.05) is 0 Å². The van der Waals surface area contributed by atoms with E-state index < -0.39 is 0 Å². The molecule has 0 atom stereocenters. The highest BCUT2D eigenvalue weighted by Gasteiger charge is 2.28. The van der Waals surface area contributed by atoms with Crippen molar-refractivity contribution in [2.45, 2.75) is 18.8 Å². The number of hydrogen-bond donors (Lipinski definition) is 4. The van der Waals surface area contributed by atoms with Crippen molar-refractivity contribution >= 4 is 22.6 Å². The van der Waals surface area contributed by atoms with E-state index in [2.05, 4.69) is 30.5 Å². The third-order valence-corrected chi connectivity index (χ3v) is 3.44. The van der Waals surface area contributed by atoms with Gasteiger partial charge in [-0.15, -0.1) is 5.10 Å². The summed E-state index contributed by atoms with van der Waals surface area (Å²) < 4.78 is 0. The molecule has 0 unspecified atom stereocenters. The topological polar surface area (TPSA) is 119 Å². The molecule has 0 radical (unpaired) electrons. The first-order valence-corrected chi connectivity index (χ1v) is 6.65. The monoisotopic (exact) mass is 284 g/mol. The van der Waals surface area contributed by atoms with Gasteiger partial charge in [0.1, 0.15) is 5.82 Å². The summed E-state index contributed by atoms with van der Waals surface area (Å²) in [5, 5.41) is 9.43. The van der Waals surface area contributed by atoms with Gasteiger partial charge in [0.25, 0.3) is 5.91 Å². The van der Waals surface area contributed by atoms with Crippen molar-refractivity contribution in [3.63, 3.8) is 0 Å². The van der Waals surface area contributed by atoms with Crippen molar-refractivity contribution in [1.82, 2.24) is 25.1 Å². The molecule has 0 saturated heterocycles. The number of amides is 1. The largest absolute Gasteiger partial charge is 0.323 e. The Labute approximate surface area is 118 Å². The van der Waals surface area contributed by atoms with Gasteiger partial charge in [0, 0.05) is 11.6 Å². The van der Waals surface area contributed by atoms with Crippen LogP contribution in [-0.4, -0.2) is 31.1 Å². The van der Waals surface area contributed by atoms with E-state index >= 15 is 0 Å². The second kappa shape index (κ2) is 4.30. The zero-order valence-electron chi connectivity index (χ0n) is 10.9. The maximum atomic E-state index is 12.1. The van der Waals surface area contributed by atoms with Gasteiger partial charge in [-0.05, 0) is 31.0 Å². The molecule has 2 aromatic heterocycles. The first-order valence-electron chi connectivity index (χ1n) is 6.65. The predicted molar refractivity (Wildman–Crippen MR) is 75.2 cm³/mol. The van der Waals surface area contributed by atoms with Crippen LogP contribution in [0.3, 0.4) is 0 Å². The van der Waals surface area contributed by atoms with Crippen LogP contribution in [0.5, 0.6) is 0 Å². The summed E-state index contributed by atoms with van der Waals surface area (Å²) in [6, 6.07) is 5.11. The molecule has 3 aromatic rings. The highest BCUT2D eigenvalue weighted by Crippen LogP contribution is 2.37. The number of rotatable bonds is 3. The lowest BCUT2D eigenvalue weighted by Gasteiger charge is -2.02. The molecule has 1 aromatic carbocycles. The van der Waals surface area contributed by atoms with Gasteiger partial charge in [-0.2, -0.15) is 0 Å². The average Bonchev–Trinajstić information content (AvgIpc) is 3.06. The van der Waals surface area contributed by atoms with Crippen LogP contribution < -0.4 is 11.0 Å². The quantitative estimate of drug-likeness (QED) is 0.575. The van der Waals surface area contributed by atoms with Gasteiger partial charge in [0.2, 0.25) is 5.82 Å². The van der Waals surface area contributed by atoms with E-state index in [0.717, 1.165) is 18.7 Å². The smallest absolute Gasteiger partial charge is 0.319 e. The SMILES string of the molecule is O=C(Nc1ccc2[nH]c(=O)[nH]c2c1)c1n[nH]c(C2CC2)n1. The third-order valence-electron chi connectivity index (χ3n) is 3.44. The van der Waals surface area contributed by atoms with E-state index in [1.165, 1.54) is 0 Å². The van der Waals surface area contributed by atoms with Crippen LogP contribution in [-0.2, 0) is 0 Å². The molecule has 0 bridgehead atoms. The Balaban J connectivity index is 1.57. The van der Waals surface area contributed by atoms with E-state index in [9.17, 15) is 9.59 Å². The van der Waals surface area contributed by atoms with Crippen molar-refractivity contribution in [3.8, 4) is 0 Å². The Bertz CT molecular complexity index is 885. The number of carbonyl (C=O) groups is 1. The normalized spacial score (nSPS) is 14.5. The number of nitrogens with zero attached hydrogens (tertiary/aromatic N) is 2. The molecule has 4 N–H and O–H groups in total. The number of nitrogens with one attached hydrogen (secondary N) is 4. The van der Waals surface area contributed by atoms with Gasteiger partial charge in [0.15, 0.2) is 0 Å². The average molecular weight is 284 g/mol. The maximum absolute atomic E-state index is 12.1. The van der Waals surface area contributed by atoms with E-state index in [-0.39, 0.29) is 17.4 Å². The van der Waals surface area contributed by atoms with Crippen molar-refractivity contribution in [3.05, 3.63) is 40.3 Å². The number of hydrogen-bond acceptors (Lipinski definition) is 4. The van der Waals surface area contributed by atoms with E-state index in [0.29, 0.717) is 22.6 Å². The van der Waals surface area contributed by atoms with Crippen LogP contribution in [0.25, 0.3) is 11.0 Å². The third kappa shape index (κ3) is 2.20. The number of aromatic amines is 3. The number of benzene rings is 1. The standard InChI is InChI=1S/C13H12N6O2/c20-12(11-17-10(18-19-11)6-1-2-6)14-7-3-4-8-9(5-7)16-13(21)15-8/h3-6H,1-2H2,(H,14,20)(H2,15,16,21)(H,17,18,19). The molecule has 8 nitrogen and oxygen atoms in total. The zero-order valence-corrected chi connectivity index (χ0v) is 10.9. The molecule has 2 heterocycles. The van der Waals surface area contributed by atoms with E-state index in [4.69, 9.17) is 0 Å². The van der Waals surface area contributed by atoms with Crippen LogP contribution in [0.2, 0.25) is 0 Å². The first kappa shape index (κ1) is 11.9. The number of carbonyl (C=O) groups excluding carboxylic acids is 1. The van der Waals surface area contributed by atoms with Gasteiger partial charge >= 0.3 is 5.69 Å². The molecule has 21 heavy (non-hydrogen) atoms. The summed E-state index contributed by atoms with van der Waals surface area (Å²) in [6.45, 7) is 0. The Morgan fingerprint density at radius 3 is 2.86 bits per heavy atom. The Kier molecular flexibility index (Phi) is 2.44. The van der Waals surface area contributed by atoms with Crippen molar-refractivity contribution in [2.75, 3.05) is 5.32 Å². The number of anilines is 1. The number of imidazole rings is 1. The van der Waals surface area contributed by atoms with Gasteiger partial charge in [-0.3, -0.25) is 9.89 Å². The molecular formula is C13H12N6O2. The Morgan fingerprint density at radius 1 is 1.24 bits per heavy atom. The van der Waals surface area contributed by atoms with Crippen LogP contribution in [0, 0.1) is 0 Å². The highest BCUT2D eigenvalue weighted by atomic mass is 16.2. The number of H-pyrrole nitrogens is 3. The van der Waals surface area contributed by atoms with Gasteiger partial charge in [0.05, 0.1) is 11.0 Å². The molecule has 106 valence electrons. The minimum Gasteiger partial charge on any atom is -0.319 e. The lowest BCUT2D eigenvalue weighted by atomic mass is 10.2. The predicted octanol–water partition coefficient (Wildman–Crippen LogP) is 1.10. The van der Waals surface area contributed by atoms with E-state index in [1.54, 1.807) is 18.2 Å².